The predicted molar refractivity (Wildman–Crippen MR) is 56.1 cm³/mol. The first-order chi connectivity index (χ1) is 6.86. The van der Waals surface area contributed by atoms with Crippen LogP contribution in [0.2, 0.25) is 0 Å². The van der Waals surface area contributed by atoms with E-state index >= 15 is 0 Å². The van der Waals surface area contributed by atoms with Crippen molar-refractivity contribution < 1.29 is 4.39 Å². The van der Waals surface area contributed by atoms with Crippen molar-refractivity contribution in [1.82, 2.24) is 0 Å². The van der Waals surface area contributed by atoms with Crippen LogP contribution in [-0.2, 0) is 0 Å². The molecule has 1 aliphatic heterocycles. The first-order valence-corrected chi connectivity index (χ1v) is 5.02. The highest BCUT2D eigenvalue weighted by molar-refractivity contribution is 5.72. The molecular formula is C12H12FN. The van der Waals surface area contributed by atoms with Gasteiger partial charge in [-0.3, -0.25) is 0 Å². The van der Waals surface area contributed by atoms with Gasteiger partial charge in [-0.05, 0) is 11.6 Å². The fraction of sp³-hybridized carbons (Fsp3) is 0.333. The van der Waals surface area contributed by atoms with Crippen molar-refractivity contribution in [3.05, 3.63) is 35.9 Å². The van der Waals surface area contributed by atoms with Crippen molar-refractivity contribution in [2.45, 2.75) is 18.6 Å². The lowest BCUT2D eigenvalue weighted by molar-refractivity contribution is 0.462. The first-order valence-electron chi connectivity index (χ1n) is 5.02. The van der Waals surface area contributed by atoms with E-state index in [4.69, 9.17) is 0 Å². The lowest BCUT2D eigenvalue weighted by atomic mass is 10.1. The molecule has 2 atom stereocenters. The molecule has 0 spiro atoms. The van der Waals surface area contributed by atoms with E-state index in [1.54, 1.807) is 0 Å². The van der Waals surface area contributed by atoms with Gasteiger partial charge in [0.2, 0.25) is 0 Å². The second-order valence-corrected chi connectivity index (χ2v) is 3.93. The lowest BCUT2D eigenvalue weighted by Gasteiger charge is -2.27. The minimum Gasteiger partial charge on any atom is -0.361 e. The van der Waals surface area contributed by atoms with Crippen LogP contribution in [0.1, 0.15) is 12.0 Å². The van der Waals surface area contributed by atoms with Gasteiger partial charge in [0.1, 0.15) is 6.17 Å². The van der Waals surface area contributed by atoms with E-state index < -0.39 is 6.17 Å². The third-order valence-corrected chi connectivity index (χ3v) is 2.93. The molecule has 0 unspecified atom stereocenters. The van der Waals surface area contributed by atoms with Gasteiger partial charge in [0, 0.05) is 18.7 Å². The molecule has 1 aliphatic carbocycles. The van der Waals surface area contributed by atoms with Gasteiger partial charge in [-0.2, -0.15) is 0 Å². The number of fused-ring (bicyclic) bond motifs is 1. The first kappa shape index (κ1) is 8.04. The van der Waals surface area contributed by atoms with Crippen LogP contribution in [0.15, 0.2) is 30.3 Å². The summed E-state index contributed by atoms with van der Waals surface area (Å²) in [5.41, 5.74) is 2.39. The van der Waals surface area contributed by atoms with Crippen molar-refractivity contribution >= 4 is 11.8 Å². The Morgan fingerprint density at radius 2 is 2.07 bits per heavy atom. The number of benzene rings is 1. The summed E-state index contributed by atoms with van der Waals surface area (Å²) in [7, 11) is 0. The average molecular weight is 189 g/mol. The van der Waals surface area contributed by atoms with E-state index in [0.717, 1.165) is 6.54 Å². The molecule has 2 heteroatoms. The minimum absolute atomic E-state index is 0.126. The molecule has 0 bridgehead atoms. The summed E-state index contributed by atoms with van der Waals surface area (Å²) in [6.07, 6.45) is 4.30. The predicted octanol–water partition coefficient (Wildman–Crippen LogP) is 2.63. The third-order valence-electron chi connectivity index (χ3n) is 2.93. The SMILES string of the molecule is F[C@H]1C[C@H]1N1CC=Cc2ccccc21. The Hall–Kier alpha value is -1.31. The molecule has 72 valence electrons. The molecule has 1 saturated carbocycles. The molecule has 1 fully saturated rings. The molecule has 1 nitrogen and oxygen atoms in total. The molecule has 1 heterocycles. The quantitative estimate of drug-likeness (QED) is 0.656. The largest absolute Gasteiger partial charge is 0.361 e. The number of anilines is 1. The zero-order valence-corrected chi connectivity index (χ0v) is 7.86. The second-order valence-electron chi connectivity index (χ2n) is 3.93. The summed E-state index contributed by atoms with van der Waals surface area (Å²) in [4.78, 5) is 2.17. The minimum atomic E-state index is -0.616. The van der Waals surface area contributed by atoms with E-state index in [9.17, 15) is 4.39 Å². The Kier molecular flexibility index (Phi) is 1.63. The van der Waals surface area contributed by atoms with Crippen molar-refractivity contribution in [3.8, 4) is 0 Å². The van der Waals surface area contributed by atoms with Gasteiger partial charge in [-0.1, -0.05) is 30.4 Å². The molecule has 0 aromatic heterocycles. The molecule has 3 rings (SSSR count). The highest BCUT2D eigenvalue weighted by atomic mass is 19.1. The van der Waals surface area contributed by atoms with E-state index in [1.165, 1.54) is 11.3 Å². The Bertz CT molecular complexity index is 386. The zero-order chi connectivity index (χ0) is 9.54. The number of alkyl halides is 1. The van der Waals surface area contributed by atoms with Crippen LogP contribution in [0.5, 0.6) is 0 Å². The Balaban J connectivity index is 1.99. The number of para-hydroxylation sites is 1. The summed E-state index contributed by atoms with van der Waals surface area (Å²) in [6.45, 7) is 0.849. The molecule has 1 aromatic carbocycles. The molecular weight excluding hydrogens is 177 g/mol. The topological polar surface area (TPSA) is 3.24 Å². The summed E-state index contributed by atoms with van der Waals surface area (Å²) in [6, 6.07) is 8.31. The lowest BCUT2D eigenvalue weighted by Crippen LogP contribution is -2.29. The van der Waals surface area contributed by atoms with Gasteiger partial charge < -0.3 is 4.90 Å². The van der Waals surface area contributed by atoms with Gasteiger partial charge in [0.25, 0.3) is 0 Å². The fourth-order valence-electron chi connectivity index (χ4n) is 2.07. The maximum absolute atomic E-state index is 13.0. The van der Waals surface area contributed by atoms with Crippen LogP contribution >= 0.6 is 0 Å². The van der Waals surface area contributed by atoms with Crippen LogP contribution in [0, 0.1) is 0 Å². The van der Waals surface area contributed by atoms with Crippen LogP contribution < -0.4 is 4.90 Å². The second kappa shape index (κ2) is 2.84. The van der Waals surface area contributed by atoms with Gasteiger partial charge in [-0.15, -0.1) is 0 Å². The Labute approximate surface area is 82.8 Å². The van der Waals surface area contributed by atoms with Crippen LogP contribution in [0.3, 0.4) is 0 Å². The van der Waals surface area contributed by atoms with Crippen molar-refractivity contribution in [3.63, 3.8) is 0 Å². The fourth-order valence-corrected chi connectivity index (χ4v) is 2.07. The highest BCUT2D eigenvalue weighted by Crippen LogP contribution is 2.37. The number of halogens is 1. The van der Waals surface area contributed by atoms with E-state index in [0.29, 0.717) is 6.42 Å². The Morgan fingerprint density at radius 3 is 2.86 bits per heavy atom. The number of hydrogen-bond acceptors (Lipinski definition) is 1. The van der Waals surface area contributed by atoms with Gasteiger partial charge in [0.05, 0.1) is 6.04 Å². The summed E-state index contributed by atoms with van der Waals surface area (Å²) >= 11 is 0. The molecule has 0 N–H and O–H groups in total. The molecule has 1 aromatic rings. The van der Waals surface area contributed by atoms with E-state index in [-0.39, 0.29) is 6.04 Å². The van der Waals surface area contributed by atoms with Crippen LogP contribution in [0.25, 0.3) is 6.08 Å². The third kappa shape index (κ3) is 1.14. The van der Waals surface area contributed by atoms with Crippen molar-refractivity contribution in [2.24, 2.45) is 0 Å². The normalized spacial score (nSPS) is 28.8. The van der Waals surface area contributed by atoms with Crippen LogP contribution in [-0.4, -0.2) is 18.8 Å². The van der Waals surface area contributed by atoms with Gasteiger partial charge >= 0.3 is 0 Å². The molecule has 14 heavy (non-hydrogen) atoms. The van der Waals surface area contributed by atoms with E-state index in [2.05, 4.69) is 29.2 Å². The Morgan fingerprint density at radius 1 is 1.29 bits per heavy atom. The summed E-state index contributed by atoms with van der Waals surface area (Å²) < 4.78 is 13.0. The molecule has 2 aliphatic rings. The van der Waals surface area contributed by atoms with E-state index in [1.807, 2.05) is 12.1 Å². The molecule has 0 amide bonds. The maximum Gasteiger partial charge on any atom is 0.123 e. The smallest absolute Gasteiger partial charge is 0.123 e. The van der Waals surface area contributed by atoms with Crippen molar-refractivity contribution in [1.29, 1.82) is 0 Å². The number of nitrogens with zero attached hydrogens (tertiary/aromatic N) is 1. The molecule has 0 saturated heterocycles. The highest BCUT2D eigenvalue weighted by Gasteiger charge is 2.42. The maximum atomic E-state index is 13.0. The van der Waals surface area contributed by atoms with Crippen LogP contribution in [0.4, 0.5) is 10.1 Å². The van der Waals surface area contributed by atoms with Gasteiger partial charge in [-0.25, -0.2) is 4.39 Å². The standard InChI is InChI=1S/C12H12FN/c13-10-8-12(10)14-7-3-5-9-4-1-2-6-11(9)14/h1-6,10,12H,7-8H2/t10-,12+/m0/s1. The van der Waals surface area contributed by atoms with Crippen molar-refractivity contribution in [2.75, 3.05) is 11.4 Å². The molecule has 0 radical (unpaired) electrons. The zero-order valence-electron chi connectivity index (χ0n) is 7.86. The monoisotopic (exact) mass is 189 g/mol. The summed E-state index contributed by atoms with van der Waals surface area (Å²) in [5.74, 6) is 0. The number of hydrogen-bond donors (Lipinski definition) is 0. The average Bonchev–Trinajstić information content (AvgIpc) is 2.95. The van der Waals surface area contributed by atoms with Gasteiger partial charge in [0.15, 0.2) is 0 Å². The number of rotatable bonds is 1. The summed E-state index contributed by atoms with van der Waals surface area (Å²) in [5, 5.41) is 0.